The number of nitrogens with one attached hydrogen (secondary N) is 1. The number of aromatic nitrogens is 1. The van der Waals surface area contributed by atoms with Gasteiger partial charge in [-0.1, -0.05) is 6.07 Å². The summed E-state index contributed by atoms with van der Waals surface area (Å²) in [5, 5.41) is 4.66. The molecule has 0 aliphatic rings. The second-order valence-corrected chi connectivity index (χ2v) is 5.26. The quantitative estimate of drug-likeness (QED) is 0.516. The Morgan fingerprint density at radius 2 is 1.91 bits per heavy atom. The van der Waals surface area contributed by atoms with Crippen molar-refractivity contribution in [1.82, 2.24) is 10.4 Å². The first kappa shape index (κ1) is 16.8. The van der Waals surface area contributed by atoms with Crippen LogP contribution in [-0.4, -0.2) is 28.6 Å². The summed E-state index contributed by atoms with van der Waals surface area (Å²) in [6.45, 7) is 0. The van der Waals surface area contributed by atoms with Crippen LogP contribution in [-0.2, 0) is 0 Å². The van der Waals surface area contributed by atoms with E-state index in [0.717, 1.165) is 11.3 Å². The number of hydrazone groups is 1. The molecular weight excluding hydrogens is 331 g/mol. The van der Waals surface area contributed by atoms with Gasteiger partial charge in [0.2, 0.25) is 0 Å². The average Bonchev–Trinajstić information content (AvgIpc) is 3.05. The minimum Gasteiger partial charge on any atom is -0.293 e. The highest BCUT2D eigenvalue weighted by Gasteiger charge is 2.37. The zero-order valence-corrected chi connectivity index (χ0v) is 12.3. The lowest BCUT2D eigenvalue weighted by Gasteiger charge is -2.09. The van der Waals surface area contributed by atoms with Crippen LogP contribution in [0.25, 0.3) is 0 Å². The van der Waals surface area contributed by atoms with Crippen molar-refractivity contribution in [1.29, 1.82) is 0 Å². The van der Waals surface area contributed by atoms with E-state index in [4.69, 9.17) is 0 Å². The highest BCUT2D eigenvalue weighted by Crippen LogP contribution is 2.22. The lowest BCUT2D eigenvalue weighted by atomic mass is 10.1. The minimum absolute atomic E-state index is 0.106. The molecule has 0 unspecified atom stereocenters. The molecule has 5 nitrogen and oxygen atoms in total. The Hall–Kier alpha value is -2.55. The van der Waals surface area contributed by atoms with Crippen LogP contribution in [0.1, 0.15) is 26.5 Å². The van der Waals surface area contributed by atoms with Gasteiger partial charge in [0.05, 0.1) is 11.3 Å². The van der Waals surface area contributed by atoms with Gasteiger partial charge in [-0.05, 0) is 23.6 Å². The van der Waals surface area contributed by atoms with Gasteiger partial charge in [0.25, 0.3) is 5.91 Å². The maximum atomic E-state index is 12.9. The zero-order chi connectivity index (χ0) is 16.9. The third-order valence-electron chi connectivity index (χ3n) is 2.69. The van der Waals surface area contributed by atoms with Gasteiger partial charge in [-0.2, -0.15) is 18.3 Å². The minimum atomic E-state index is -4.82. The number of rotatable bonds is 5. The fourth-order valence-corrected chi connectivity index (χ4v) is 2.23. The summed E-state index contributed by atoms with van der Waals surface area (Å²) >= 11 is 1.04. The van der Waals surface area contributed by atoms with Gasteiger partial charge in [-0.15, -0.1) is 11.3 Å². The van der Waals surface area contributed by atoms with Gasteiger partial charge >= 0.3 is 6.18 Å². The summed E-state index contributed by atoms with van der Waals surface area (Å²) in [6, 6.07) is 5.65. The van der Waals surface area contributed by atoms with Crippen LogP contribution >= 0.6 is 11.3 Å². The molecule has 9 heteroatoms. The summed E-state index contributed by atoms with van der Waals surface area (Å²) in [6.07, 6.45) is -3.12. The Kier molecular flexibility index (Phi) is 5.22. The van der Waals surface area contributed by atoms with E-state index in [1.807, 2.05) is 5.43 Å². The largest absolute Gasteiger partial charge is 0.431 e. The summed E-state index contributed by atoms with van der Waals surface area (Å²) in [4.78, 5) is 27.4. The Bertz CT molecular complexity index is 713. The summed E-state index contributed by atoms with van der Waals surface area (Å²) < 4.78 is 38.8. The molecule has 120 valence electrons. The Morgan fingerprint density at radius 1 is 1.22 bits per heavy atom. The van der Waals surface area contributed by atoms with Crippen LogP contribution in [0.5, 0.6) is 0 Å². The number of Topliss-reactive ketones (excluding diaryl/α,β-unsaturated/α-hetero) is 1. The molecule has 2 aromatic heterocycles. The molecule has 0 atom stereocenters. The Labute approximate surface area is 132 Å². The van der Waals surface area contributed by atoms with E-state index in [-0.39, 0.29) is 10.4 Å². The van der Waals surface area contributed by atoms with Crippen molar-refractivity contribution in [3.8, 4) is 0 Å². The normalized spacial score (nSPS) is 12.0. The fourth-order valence-electron chi connectivity index (χ4n) is 1.57. The van der Waals surface area contributed by atoms with E-state index >= 15 is 0 Å². The van der Waals surface area contributed by atoms with Gasteiger partial charge in [-0.3, -0.25) is 14.6 Å². The number of carbonyl (C=O) groups is 2. The molecule has 0 saturated carbocycles. The van der Waals surface area contributed by atoms with Gasteiger partial charge in [0.1, 0.15) is 5.71 Å². The van der Waals surface area contributed by atoms with E-state index in [0.29, 0.717) is 0 Å². The van der Waals surface area contributed by atoms with Crippen molar-refractivity contribution in [2.75, 3.05) is 0 Å². The van der Waals surface area contributed by atoms with E-state index < -0.39 is 30.0 Å². The van der Waals surface area contributed by atoms with Gasteiger partial charge in [-0.25, -0.2) is 5.43 Å². The maximum Gasteiger partial charge on any atom is 0.431 e. The molecule has 0 aliphatic carbocycles. The van der Waals surface area contributed by atoms with Gasteiger partial charge in [0.15, 0.2) is 5.78 Å². The average molecular weight is 341 g/mol. The number of ketones is 1. The smallest absolute Gasteiger partial charge is 0.293 e. The standard InChI is InChI=1S/C14H10F3N3O2S/c15-14(16,17)12(8-10(21)11-2-1-7-23-11)19-20-13(22)9-3-5-18-6-4-9/h1-7H,8H2,(H,20,22)/b19-12-. The molecule has 0 fully saturated rings. The van der Waals surface area contributed by atoms with Crippen LogP contribution in [0.4, 0.5) is 13.2 Å². The van der Waals surface area contributed by atoms with Crippen LogP contribution in [0.2, 0.25) is 0 Å². The van der Waals surface area contributed by atoms with Crippen LogP contribution in [0, 0.1) is 0 Å². The summed E-state index contributed by atoms with van der Waals surface area (Å²) in [7, 11) is 0. The van der Waals surface area contributed by atoms with Crippen molar-refractivity contribution >= 4 is 28.7 Å². The molecule has 0 saturated heterocycles. The molecule has 1 amide bonds. The number of hydrogen-bond donors (Lipinski definition) is 1. The number of alkyl halides is 3. The van der Waals surface area contributed by atoms with Crippen molar-refractivity contribution in [3.05, 3.63) is 52.5 Å². The van der Waals surface area contributed by atoms with Gasteiger partial charge < -0.3 is 0 Å². The molecule has 1 N–H and O–H groups in total. The number of nitrogens with zero attached hydrogens (tertiary/aromatic N) is 2. The topological polar surface area (TPSA) is 71.4 Å². The molecule has 0 aliphatic heterocycles. The molecule has 2 aromatic rings. The molecule has 0 bridgehead atoms. The molecule has 0 aromatic carbocycles. The maximum absolute atomic E-state index is 12.9. The molecule has 23 heavy (non-hydrogen) atoms. The second kappa shape index (κ2) is 7.14. The number of pyridine rings is 1. The Morgan fingerprint density at radius 3 is 2.48 bits per heavy atom. The number of carbonyl (C=O) groups excluding carboxylic acids is 2. The fraction of sp³-hybridized carbons (Fsp3) is 0.143. The second-order valence-electron chi connectivity index (χ2n) is 4.31. The molecular formula is C14H10F3N3O2S. The summed E-state index contributed by atoms with van der Waals surface area (Å²) in [5.74, 6) is -1.54. The first-order chi connectivity index (χ1) is 10.9. The number of thiophene rings is 1. The first-order valence-electron chi connectivity index (χ1n) is 6.29. The predicted octanol–water partition coefficient (Wildman–Crippen LogP) is 3.06. The van der Waals surface area contributed by atoms with Crippen molar-refractivity contribution in [3.63, 3.8) is 0 Å². The van der Waals surface area contributed by atoms with Crippen molar-refractivity contribution in [2.45, 2.75) is 12.6 Å². The summed E-state index contributed by atoms with van der Waals surface area (Å²) in [5.41, 5.74) is 0.552. The van der Waals surface area contributed by atoms with E-state index in [2.05, 4.69) is 10.1 Å². The first-order valence-corrected chi connectivity index (χ1v) is 7.16. The van der Waals surface area contributed by atoms with Crippen molar-refractivity contribution in [2.24, 2.45) is 5.10 Å². The highest BCUT2D eigenvalue weighted by atomic mass is 32.1. The predicted molar refractivity (Wildman–Crippen MR) is 78.5 cm³/mol. The van der Waals surface area contributed by atoms with Crippen LogP contribution in [0.15, 0.2) is 47.1 Å². The molecule has 2 rings (SSSR count). The van der Waals surface area contributed by atoms with Crippen LogP contribution < -0.4 is 5.43 Å². The van der Waals surface area contributed by atoms with Crippen molar-refractivity contribution < 1.29 is 22.8 Å². The van der Waals surface area contributed by atoms with E-state index in [1.54, 1.807) is 11.4 Å². The molecule has 0 radical (unpaired) electrons. The van der Waals surface area contributed by atoms with Crippen LogP contribution in [0.3, 0.4) is 0 Å². The van der Waals surface area contributed by atoms with Gasteiger partial charge in [0, 0.05) is 18.0 Å². The number of halogens is 3. The third kappa shape index (κ3) is 4.71. The number of hydrogen-bond acceptors (Lipinski definition) is 5. The van der Waals surface area contributed by atoms with E-state index in [9.17, 15) is 22.8 Å². The van der Waals surface area contributed by atoms with E-state index in [1.165, 1.54) is 30.6 Å². The monoisotopic (exact) mass is 341 g/mol. The third-order valence-corrected chi connectivity index (χ3v) is 3.60. The number of amides is 1. The Balaban J connectivity index is 2.12. The highest BCUT2D eigenvalue weighted by molar-refractivity contribution is 7.12. The molecule has 0 spiro atoms. The zero-order valence-electron chi connectivity index (χ0n) is 11.5. The lowest BCUT2D eigenvalue weighted by molar-refractivity contribution is -0.0605. The SMILES string of the molecule is O=C(N/N=C(/CC(=O)c1cccs1)C(F)(F)F)c1ccncc1. The molecule has 2 heterocycles. The lowest BCUT2D eigenvalue weighted by Crippen LogP contribution is -2.30.